The molecule has 1 saturated heterocycles. The zero-order valence-electron chi connectivity index (χ0n) is 18.2. The van der Waals surface area contributed by atoms with E-state index in [0.29, 0.717) is 43.3 Å². The molecule has 0 atom stereocenters. The van der Waals surface area contributed by atoms with Crippen LogP contribution in [0.5, 0.6) is 0 Å². The number of halogens is 1. The van der Waals surface area contributed by atoms with Crippen LogP contribution in [0.3, 0.4) is 0 Å². The predicted octanol–water partition coefficient (Wildman–Crippen LogP) is 4.40. The highest BCUT2D eigenvalue weighted by atomic mass is 35.5. The maximum atomic E-state index is 13.2. The molecule has 0 unspecified atom stereocenters. The number of nitrogens with zero attached hydrogens (tertiary/aromatic N) is 5. The number of carbonyl (C=O) groups is 1. The minimum atomic E-state index is -0.242. The molecular formula is C23H22ClN5O3S. The summed E-state index contributed by atoms with van der Waals surface area (Å²) >= 11 is 7.38. The van der Waals surface area contributed by atoms with Gasteiger partial charge in [-0.2, -0.15) is 4.98 Å². The molecule has 1 fully saturated rings. The molecule has 4 aromatic rings. The van der Waals surface area contributed by atoms with E-state index in [4.69, 9.17) is 16.1 Å². The fourth-order valence-corrected chi connectivity index (χ4v) is 5.29. The van der Waals surface area contributed by atoms with Crippen molar-refractivity contribution in [2.24, 2.45) is 5.92 Å². The van der Waals surface area contributed by atoms with Crippen molar-refractivity contribution in [2.45, 2.75) is 33.2 Å². The quantitative estimate of drug-likeness (QED) is 0.427. The number of benzene rings is 1. The summed E-state index contributed by atoms with van der Waals surface area (Å²) in [7, 11) is 0. The number of likely N-dealkylation sites (tertiary alicyclic amines) is 1. The minimum Gasteiger partial charge on any atom is -0.341 e. The van der Waals surface area contributed by atoms with E-state index >= 15 is 0 Å². The molecule has 5 rings (SSSR count). The van der Waals surface area contributed by atoms with Gasteiger partial charge in [0.1, 0.15) is 11.4 Å². The van der Waals surface area contributed by atoms with Gasteiger partial charge in [-0.3, -0.25) is 14.2 Å². The first kappa shape index (κ1) is 21.8. The Morgan fingerprint density at radius 1 is 1.30 bits per heavy atom. The lowest BCUT2D eigenvalue weighted by atomic mass is 9.99. The number of carbonyl (C=O) groups excluding carboxylic acids is 1. The van der Waals surface area contributed by atoms with Crippen molar-refractivity contribution in [3.63, 3.8) is 0 Å². The molecule has 1 aliphatic heterocycles. The Labute approximate surface area is 198 Å². The number of hydrogen-bond donors (Lipinski definition) is 0. The van der Waals surface area contributed by atoms with Crippen LogP contribution in [0, 0.1) is 12.8 Å². The summed E-state index contributed by atoms with van der Waals surface area (Å²) in [5, 5.41) is 5.11. The van der Waals surface area contributed by atoms with Crippen molar-refractivity contribution in [1.29, 1.82) is 0 Å². The Kier molecular flexibility index (Phi) is 5.76. The Balaban J connectivity index is 1.45. The molecule has 4 heterocycles. The summed E-state index contributed by atoms with van der Waals surface area (Å²) in [6.45, 7) is 5.48. The van der Waals surface area contributed by atoms with Crippen LogP contribution in [-0.2, 0) is 11.3 Å². The van der Waals surface area contributed by atoms with Crippen LogP contribution in [0.1, 0.15) is 25.3 Å². The molecule has 0 saturated carbocycles. The van der Waals surface area contributed by atoms with E-state index in [2.05, 4.69) is 22.0 Å². The number of amides is 1. The van der Waals surface area contributed by atoms with Gasteiger partial charge in [-0.05, 0) is 43.4 Å². The van der Waals surface area contributed by atoms with Crippen molar-refractivity contribution in [3.8, 4) is 22.2 Å². The van der Waals surface area contributed by atoms with Crippen molar-refractivity contribution in [1.82, 2.24) is 24.6 Å². The van der Waals surface area contributed by atoms with Gasteiger partial charge in [0, 0.05) is 23.7 Å². The topological polar surface area (TPSA) is 94.1 Å². The number of rotatable bonds is 4. The van der Waals surface area contributed by atoms with Gasteiger partial charge in [-0.15, -0.1) is 11.3 Å². The lowest BCUT2D eigenvalue weighted by Crippen LogP contribution is -2.41. The molecule has 170 valence electrons. The Hall–Kier alpha value is -3.04. The van der Waals surface area contributed by atoms with Gasteiger partial charge in [0.05, 0.1) is 16.6 Å². The van der Waals surface area contributed by atoms with Crippen molar-refractivity contribution < 1.29 is 9.32 Å². The third-order valence-corrected chi connectivity index (χ3v) is 7.49. The second kappa shape index (κ2) is 8.72. The maximum Gasteiger partial charge on any atom is 0.268 e. The molecule has 0 aliphatic carbocycles. The smallest absolute Gasteiger partial charge is 0.268 e. The number of aryl methyl sites for hydroxylation is 1. The van der Waals surface area contributed by atoms with Gasteiger partial charge < -0.3 is 9.42 Å². The van der Waals surface area contributed by atoms with Crippen LogP contribution < -0.4 is 5.56 Å². The van der Waals surface area contributed by atoms with E-state index in [9.17, 15) is 9.59 Å². The monoisotopic (exact) mass is 483 g/mol. The van der Waals surface area contributed by atoms with E-state index in [-0.39, 0.29) is 18.0 Å². The molecule has 0 N–H and O–H groups in total. The largest absolute Gasteiger partial charge is 0.341 e. The van der Waals surface area contributed by atoms with E-state index in [1.54, 1.807) is 12.1 Å². The maximum absolute atomic E-state index is 13.2. The summed E-state index contributed by atoms with van der Waals surface area (Å²) in [6, 6.07) is 7.19. The van der Waals surface area contributed by atoms with Gasteiger partial charge in [0.2, 0.25) is 11.7 Å². The molecular weight excluding hydrogens is 462 g/mol. The SMILES string of the molecule is Cc1c(-c2nc(-c3cccc(Cl)c3)no2)sc2ncn(CC(=O)N3CCC(C)CC3)c(=O)c12. The fourth-order valence-electron chi connectivity index (χ4n) is 4.04. The number of thiophene rings is 1. The Bertz CT molecular complexity index is 1400. The van der Waals surface area contributed by atoms with Gasteiger partial charge in [-0.1, -0.05) is 35.8 Å². The highest BCUT2D eigenvalue weighted by Crippen LogP contribution is 2.35. The second-order valence-corrected chi connectivity index (χ2v) is 9.85. The first-order valence-electron chi connectivity index (χ1n) is 10.8. The Morgan fingerprint density at radius 2 is 2.09 bits per heavy atom. The van der Waals surface area contributed by atoms with Gasteiger partial charge >= 0.3 is 0 Å². The van der Waals surface area contributed by atoms with Crippen LogP contribution in [0.4, 0.5) is 0 Å². The lowest BCUT2D eigenvalue weighted by Gasteiger charge is -2.30. The average molecular weight is 484 g/mol. The van der Waals surface area contributed by atoms with Crippen LogP contribution >= 0.6 is 22.9 Å². The molecule has 1 aliphatic rings. The van der Waals surface area contributed by atoms with Crippen LogP contribution in [0.25, 0.3) is 32.4 Å². The molecule has 8 nitrogen and oxygen atoms in total. The molecule has 0 spiro atoms. The first-order valence-corrected chi connectivity index (χ1v) is 12.0. The summed E-state index contributed by atoms with van der Waals surface area (Å²) in [6.07, 6.45) is 3.43. The molecule has 1 amide bonds. The third-order valence-electron chi connectivity index (χ3n) is 6.06. The summed E-state index contributed by atoms with van der Waals surface area (Å²) < 4.78 is 6.87. The summed E-state index contributed by atoms with van der Waals surface area (Å²) in [4.78, 5) is 38.0. The van der Waals surface area contributed by atoms with E-state index < -0.39 is 0 Å². The highest BCUT2D eigenvalue weighted by molar-refractivity contribution is 7.22. The Morgan fingerprint density at radius 3 is 2.85 bits per heavy atom. The number of fused-ring (bicyclic) bond motifs is 1. The van der Waals surface area contributed by atoms with Crippen molar-refractivity contribution >= 4 is 39.1 Å². The molecule has 1 aromatic carbocycles. The second-order valence-electron chi connectivity index (χ2n) is 8.41. The van der Waals surface area contributed by atoms with Gasteiger partial charge in [0.25, 0.3) is 11.4 Å². The number of aromatic nitrogens is 4. The van der Waals surface area contributed by atoms with Crippen molar-refractivity contribution in [3.05, 3.63) is 51.5 Å². The molecule has 0 bridgehead atoms. The zero-order valence-corrected chi connectivity index (χ0v) is 19.8. The minimum absolute atomic E-state index is 0.0136. The normalized spacial score (nSPS) is 14.8. The zero-order chi connectivity index (χ0) is 23.1. The van der Waals surface area contributed by atoms with Crippen LogP contribution in [0.2, 0.25) is 5.02 Å². The fraction of sp³-hybridized carbons (Fsp3) is 0.348. The van der Waals surface area contributed by atoms with Gasteiger partial charge in [-0.25, -0.2) is 4.98 Å². The molecule has 10 heteroatoms. The number of piperidine rings is 1. The highest BCUT2D eigenvalue weighted by Gasteiger charge is 2.23. The molecule has 3 aromatic heterocycles. The van der Waals surface area contributed by atoms with Crippen LogP contribution in [-0.4, -0.2) is 43.6 Å². The molecule has 33 heavy (non-hydrogen) atoms. The molecule has 0 radical (unpaired) electrons. The summed E-state index contributed by atoms with van der Waals surface area (Å²) in [5.41, 5.74) is 1.21. The van der Waals surface area contributed by atoms with E-state index in [1.165, 1.54) is 22.2 Å². The van der Waals surface area contributed by atoms with Crippen LogP contribution in [0.15, 0.2) is 39.9 Å². The number of hydrogen-bond acceptors (Lipinski definition) is 7. The first-order chi connectivity index (χ1) is 15.9. The standard InChI is InChI=1S/C23H22ClN5O3S/c1-13-6-8-28(9-7-13)17(30)11-29-12-25-22-18(23(29)31)14(2)19(33-22)21-26-20(27-32-21)15-4-3-5-16(24)10-15/h3-5,10,12-13H,6-9,11H2,1-2H3. The predicted molar refractivity (Wildman–Crippen MR) is 127 cm³/mol. The third kappa shape index (κ3) is 4.18. The van der Waals surface area contributed by atoms with E-state index in [1.807, 2.05) is 24.0 Å². The average Bonchev–Trinajstić information content (AvgIpc) is 3.41. The van der Waals surface area contributed by atoms with Crippen molar-refractivity contribution in [2.75, 3.05) is 13.1 Å². The lowest BCUT2D eigenvalue weighted by molar-refractivity contribution is -0.133. The summed E-state index contributed by atoms with van der Waals surface area (Å²) in [5.74, 6) is 1.30. The van der Waals surface area contributed by atoms with E-state index in [0.717, 1.165) is 31.5 Å². The van der Waals surface area contributed by atoms with Gasteiger partial charge in [0.15, 0.2) is 0 Å².